The number of hydrogen-bond acceptors (Lipinski definition) is 5. The molecule has 0 radical (unpaired) electrons. The molecule has 2 aromatic heterocycles. The Morgan fingerprint density at radius 1 is 0.565 bits per heavy atom. The van der Waals surface area contributed by atoms with Crippen LogP contribution in [-0.2, 0) is 5.41 Å². The first-order valence-electron chi connectivity index (χ1n) is 24.6. The maximum atomic E-state index is 6.91. The van der Waals surface area contributed by atoms with Crippen LogP contribution in [-0.4, -0.2) is 21.1 Å². The molecule has 334 valence electrons. The number of aromatic nitrogens is 3. The van der Waals surface area contributed by atoms with E-state index < -0.39 is 0 Å². The van der Waals surface area contributed by atoms with Crippen LogP contribution in [0.2, 0.25) is 0 Å². The minimum atomic E-state index is -0.0320. The molecule has 0 N–H and O–H groups in total. The van der Waals surface area contributed by atoms with Crippen molar-refractivity contribution in [2.45, 2.75) is 56.5 Å². The van der Waals surface area contributed by atoms with Gasteiger partial charge in [-0.25, -0.2) is 15.0 Å². The van der Waals surface area contributed by atoms with Crippen LogP contribution >= 0.6 is 0 Å². The van der Waals surface area contributed by atoms with E-state index in [0.29, 0.717) is 17.5 Å². The fourth-order valence-electron chi connectivity index (χ4n) is 12.0. The first-order chi connectivity index (χ1) is 34.1. The van der Waals surface area contributed by atoms with Gasteiger partial charge in [0.2, 0.25) is 0 Å². The molecule has 0 spiro atoms. The Morgan fingerprint density at radius 2 is 1.25 bits per heavy atom. The van der Waals surface area contributed by atoms with Gasteiger partial charge < -0.3 is 9.15 Å². The van der Waals surface area contributed by atoms with Crippen LogP contribution in [0.4, 0.5) is 0 Å². The Kier molecular flexibility index (Phi) is 10.2. The second-order valence-electron chi connectivity index (χ2n) is 19.4. The number of hydrogen-bond donors (Lipinski definition) is 0. The zero-order chi connectivity index (χ0) is 45.9. The highest BCUT2D eigenvalue weighted by Gasteiger charge is 2.47. The summed E-state index contributed by atoms with van der Waals surface area (Å²) in [7, 11) is 0. The van der Waals surface area contributed by atoms with Crippen LogP contribution in [0.25, 0.3) is 72.8 Å². The minimum Gasteiger partial charge on any atom is -0.488 e. The molecule has 0 bridgehead atoms. The zero-order valence-corrected chi connectivity index (χ0v) is 38.6. The van der Waals surface area contributed by atoms with Gasteiger partial charge in [0.1, 0.15) is 23.0 Å². The smallest absolute Gasteiger partial charge is 0.167 e. The molecule has 1 saturated carbocycles. The molecular formula is C64H51N3O2. The number of rotatable bonds is 8. The topological polar surface area (TPSA) is 61.0 Å². The third-order valence-corrected chi connectivity index (χ3v) is 15.4. The van der Waals surface area contributed by atoms with Gasteiger partial charge in [-0.15, -0.1) is 0 Å². The number of para-hydroxylation sites is 2. The summed E-state index contributed by atoms with van der Waals surface area (Å²) in [4.78, 5) is 15.9. The Hall–Kier alpha value is -7.89. The van der Waals surface area contributed by atoms with Gasteiger partial charge in [-0.2, -0.15) is 0 Å². The SMILES string of the molecule is CC12CCCCC1Oc1c(-c3nc(-c4ccc(C5=C(c6ccccc6)C(C6C=CC=CC6)C(c6ccccc6)C(c6ccccc6)=C5)cc4)nc(-c4ccc5c(c4)oc4ccccc45)n3)cccc12. The number of allylic oxidation sites excluding steroid dienone is 8. The molecule has 5 unspecified atom stereocenters. The van der Waals surface area contributed by atoms with Crippen molar-refractivity contribution in [2.75, 3.05) is 0 Å². The molecule has 5 atom stereocenters. The van der Waals surface area contributed by atoms with Crippen LogP contribution < -0.4 is 4.74 Å². The highest BCUT2D eigenvalue weighted by Crippen LogP contribution is 2.56. The Balaban J connectivity index is 0.983. The molecule has 0 amide bonds. The standard InChI is InChI=1S/C64H51N3O2/c1-64-38-17-16-31-56(64)69-60-50(28-18-29-53(60)64)63-66-61(65-62(67-63)47-36-37-49-48-27-14-15-30-54(48)68-55(49)39-47)46-34-32-42(33-35-46)52-40-51(41-19-6-2-7-20-41)57(43-21-8-3-9-22-43)59(45-25-12-5-13-26-45)58(52)44-23-10-4-11-24-44/h2-15,18-25,27-30,32-37,39-40,45,56-57,59H,16-17,26,31,38H2,1H3. The van der Waals surface area contributed by atoms with E-state index in [0.717, 1.165) is 69.2 Å². The monoisotopic (exact) mass is 893 g/mol. The summed E-state index contributed by atoms with van der Waals surface area (Å²) in [5.74, 6) is 3.27. The van der Waals surface area contributed by atoms with Crippen molar-refractivity contribution < 1.29 is 9.15 Å². The molecule has 3 aliphatic carbocycles. The Labute approximate surface area is 403 Å². The van der Waals surface area contributed by atoms with E-state index in [1.807, 2.05) is 12.1 Å². The quantitative estimate of drug-likeness (QED) is 0.152. The largest absolute Gasteiger partial charge is 0.488 e. The van der Waals surface area contributed by atoms with Crippen molar-refractivity contribution in [3.63, 3.8) is 0 Å². The summed E-state index contributed by atoms with van der Waals surface area (Å²) in [6, 6.07) is 63.0. The van der Waals surface area contributed by atoms with Crippen LogP contribution in [0.5, 0.6) is 5.75 Å². The van der Waals surface area contributed by atoms with E-state index in [9.17, 15) is 0 Å². The van der Waals surface area contributed by atoms with Gasteiger partial charge in [-0.3, -0.25) is 0 Å². The van der Waals surface area contributed by atoms with Gasteiger partial charge in [0, 0.05) is 44.7 Å². The third kappa shape index (κ3) is 7.18. The fourth-order valence-corrected chi connectivity index (χ4v) is 12.0. The normalized spacial score (nSPS) is 21.8. The summed E-state index contributed by atoms with van der Waals surface area (Å²) in [6.07, 6.45) is 17.3. The van der Waals surface area contributed by atoms with Gasteiger partial charge in [-0.1, -0.05) is 189 Å². The highest BCUT2D eigenvalue weighted by molar-refractivity contribution is 6.06. The molecule has 7 aromatic carbocycles. The van der Waals surface area contributed by atoms with Crippen molar-refractivity contribution >= 4 is 38.7 Å². The second kappa shape index (κ2) is 17.0. The van der Waals surface area contributed by atoms with Crippen LogP contribution in [0.1, 0.15) is 72.8 Å². The predicted octanol–water partition coefficient (Wildman–Crippen LogP) is 15.9. The van der Waals surface area contributed by atoms with Crippen LogP contribution in [0.3, 0.4) is 0 Å². The molecule has 0 saturated heterocycles. The first kappa shape index (κ1) is 41.3. The Bertz CT molecular complexity index is 3530. The summed E-state index contributed by atoms with van der Waals surface area (Å²) in [5.41, 5.74) is 14.4. The first-order valence-corrected chi connectivity index (χ1v) is 24.6. The summed E-state index contributed by atoms with van der Waals surface area (Å²) >= 11 is 0. The lowest BCUT2D eigenvalue weighted by Crippen LogP contribution is -2.37. The van der Waals surface area contributed by atoms with E-state index in [2.05, 4.69) is 201 Å². The van der Waals surface area contributed by atoms with Crippen molar-refractivity contribution in [2.24, 2.45) is 11.8 Å². The maximum Gasteiger partial charge on any atom is 0.167 e. The van der Waals surface area contributed by atoms with Crippen molar-refractivity contribution in [1.82, 2.24) is 15.0 Å². The van der Waals surface area contributed by atoms with E-state index >= 15 is 0 Å². The number of nitrogens with zero attached hydrogens (tertiary/aromatic N) is 3. The van der Waals surface area contributed by atoms with Gasteiger partial charge in [0.25, 0.3) is 0 Å². The van der Waals surface area contributed by atoms with Crippen molar-refractivity contribution in [3.8, 4) is 39.9 Å². The molecule has 5 nitrogen and oxygen atoms in total. The molecular weight excluding hydrogens is 843 g/mol. The summed E-state index contributed by atoms with van der Waals surface area (Å²) < 4.78 is 13.3. The van der Waals surface area contributed by atoms with Gasteiger partial charge in [-0.05, 0) is 101 Å². The Morgan fingerprint density at radius 3 is 2.03 bits per heavy atom. The lowest BCUT2D eigenvalue weighted by atomic mass is 9.62. The van der Waals surface area contributed by atoms with Crippen molar-refractivity contribution in [3.05, 3.63) is 234 Å². The third-order valence-electron chi connectivity index (χ3n) is 15.4. The second-order valence-corrected chi connectivity index (χ2v) is 19.4. The predicted molar refractivity (Wildman–Crippen MR) is 280 cm³/mol. The summed E-state index contributed by atoms with van der Waals surface area (Å²) in [5, 5.41) is 2.15. The highest BCUT2D eigenvalue weighted by atomic mass is 16.5. The van der Waals surface area contributed by atoms with E-state index in [1.165, 1.54) is 51.8 Å². The average molecular weight is 894 g/mol. The van der Waals surface area contributed by atoms with E-state index in [4.69, 9.17) is 24.1 Å². The molecule has 9 aromatic rings. The van der Waals surface area contributed by atoms with Gasteiger partial charge in [0.05, 0.1) is 5.56 Å². The van der Waals surface area contributed by atoms with E-state index in [1.54, 1.807) is 0 Å². The van der Waals surface area contributed by atoms with Crippen LogP contribution in [0.15, 0.2) is 211 Å². The fraction of sp³-hybridized carbons (Fsp3) is 0.172. The van der Waals surface area contributed by atoms with Crippen LogP contribution in [0, 0.1) is 11.8 Å². The number of benzene rings is 7. The van der Waals surface area contributed by atoms with Gasteiger partial charge >= 0.3 is 0 Å². The molecule has 4 aliphatic rings. The molecule has 3 heterocycles. The average Bonchev–Trinajstić information content (AvgIpc) is 3.95. The maximum absolute atomic E-state index is 6.91. The molecule has 1 aliphatic heterocycles. The molecule has 1 fully saturated rings. The number of ether oxygens (including phenoxy) is 1. The lowest BCUT2D eigenvalue weighted by molar-refractivity contribution is 0.111. The molecule has 69 heavy (non-hydrogen) atoms. The zero-order valence-electron chi connectivity index (χ0n) is 38.6. The number of fused-ring (bicyclic) bond motifs is 6. The van der Waals surface area contributed by atoms with Crippen molar-refractivity contribution in [1.29, 1.82) is 0 Å². The van der Waals surface area contributed by atoms with E-state index in [-0.39, 0.29) is 29.3 Å². The minimum absolute atomic E-state index is 0.0320. The molecule has 13 rings (SSSR count). The molecule has 5 heteroatoms. The van der Waals surface area contributed by atoms with Gasteiger partial charge in [0.15, 0.2) is 17.5 Å². The number of furan rings is 1. The summed E-state index contributed by atoms with van der Waals surface area (Å²) in [6.45, 7) is 2.37. The lowest BCUT2D eigenvalue weighted by Gasteiger charge is -2.41.